The van der Waals surface area contributed by atoms with Crippen molar-refractivity contribution in [1.29, 1.82) is 0 Å². The molecule has 1 aromatic heterocycles. The Morgan fingerprint density at radius 3 is 2.80 bits per heavy atom. The first-order valence-corrected chi connectivity index (χ1v) is 3.42. The van der Waals surface area contributed by atoms with Gasteiger partial charge in [-0.25, -0.2) is 0 Å². The third kappa shape index (κ3) is 2.09. The van der Waals surface area contributed by atoms with E-state index >= 15 is 0 Å². The van der Waals surface area contributed by atoms with Gasteiger partial charge in [0.25, 0.3) is 0 Å². The van der Waals surface area contributed by atoms with Crippen molar-refractivity contribution in [2.24, 2.45) is 5.92 Å². The first kappa shape index (κ1) is 7.12. The molecule has 3 heteroatoms. The minimum Gasteiger partial charge on any atom is -0.139 e. The molecule has 54 valence electrons. The Balaban J connectivity index is 2.59. The first-order valence-electron chi connectivity index (χ1n) is 3.42. The molecule has 0 amide bonds. The largest absolute Gasteiger partial charge is 0.139 e. The van der Waals surface area contributed by atoms with Gasteiger partial charge in [0.2, 0.25) is 0 Å². The van der Waals surface area contributed by atoms with Gasteiger partial charge in [0, 0.05) is 0 Å². The quantitative estimate of drug-likeness (QED) is 0.612. The smallest absolute Gasteiger partial charge is 0.0667 e. The molecule has 0 radical (unpaired) electrons. The molecule has 0 N–H and O–H groups in total. The van der Waals surface area contributed by atoms with Crippen LogP contribution in [0.2, 0.25) is 0 Å². The summed E-state index contributed by atoms with van der Waals surface area (Å²) in [6.45, 7) is 4.31. The van der Waals surface area contributed by atoms with E-state index in [0.29, 0.717) is 5.92 Å². The lowest BCUT2D eigenvalue weighted by atomic mass is 10.1. The van der Waals surface area contributed by atoms with Crippen molar-refractivity contribution >= 4 is 0 Å². The van der Waals surface area contributed by atoms with Crippen molar-refractivity contribution in [2.75, 3.05) is 0 Å². The van der Waals surface area contributed by atoms with Gasteiger partial charge in [-0.2, -0.15) is 0 Å². The van der Waals surface area contributed by atoms with E-state index in [9.17, 15) is 0 Å². The minimum atomic E-state index is 0.636. The maximum atomic E-state index is 3.86. The fourth-order valence-corrected chi connectivity index (χ4v) is 0.793. The molecule has 1 aromatic rings. The number of nitrogens with zero attached hydrogens (tertiary/aromatic N) is 3. The van der Waals surface area contributed by atoms with Crippen molar-refractivity contribution in [3.63, 3.8) is 0 Å². The number of aromatic nitrogens is 3. The summed E-state index contributed by atoms with van der Waals surface area (Å²) in [6, 6.07) is 1.90. The van der Waals surface area contributed by atoms with Gasteiger partial charge in [0.1, 0.15) is 0 Å². The van der Waals surface area contributed by atoms with Crippen molar-refractivity contribution < 1.29 is 0 Å². The molecule has 0 aliphatic heterocycles. The SMILES string of the molecule is CC(C)Cc1ccnnn1. The van der Waals surface area contributed by atoms with Crippen LogP contribution in [0.25, 0.3) is 0 Å². The molecule has 10 heavy (non-hydrogen) atoms. The fraction of sp³-hybridized carbons (Fsp3) is 0.571. The molecule has 0 saturated heterocycles. The van der Waals surface area contributed by atoms with E-state index in [1.165, 1.54) is 0 Å². The zero-order chi connectivity index (χ0) is 7.40. The van der Waals surface area contributed by atoms with Gasteiger partial charge < -0.3 is 0 Å². The lowest BCUT2D eigenvalue weighted by molar-refractivity contribution is 0.621. The molecule has 0 unspecified atom stereocenters. The molecule has 0 aliphatic rings. The molecule has 0 spiro atoms. The van der Waals surface area contributed by atoms with Crippen LogP contribution in [0.1, 0.15) is 19.5 Å². The van der Waals surface area contributed by atoms with Crippen molar-refractivity contribution in [1.82, 2.24) is 15.4 Å². The average molecular weight is 137 g/mol. The second kappa shape index (κ2) is 3.25. The van der Waals surface area contributed by atoms with E-state index in [-0.39, 0.29) is 0 Å². The molecule has 0 aliphatic carbocycles. The van der Waals surface area contributed by atoms with Gasteiger partial charge in [-0.1, -0.05) is 13.8 Å². The summed E-state index contributed by atoms with van der Waals surface area (Å²) in [6.07, 6.45) is 2.65. The van der Waals surface area contributed by atoms with Gasteiger partial charge in [-0.15, -0.1) is 10.2 Å². The van der Waals surface area contributed by atoms with E-state index in [1.54, 1.807) is 6.20 Å². The summed E-state index contributed by atoms with van der Waals surface area (Å²) >= 11 is 0. The van der Waals surface area contributed by atoms with Crippen molar-refractivity contribution in [3.05, 3.63) is 18.0 Å². The van der Waals surface area contributed by atoms with E-state index < -0.39 is 0 Å². The number of hydrogen-bond acceptors (Lipinski definition) is 3. The Hall–Kier alpha value is -0.990. The van der Waals surface area contributed by atoms with Crippen LogP contribution in [0.15, 0.2) is 12.3 Å². The summed E-state index contributed by atoms with van der Waals surface area (Å²) in [5.74, 6) is 0.636. The van der Waals surface area contributed by atoms with Crippen LogP contribution in [0, 0.1) is 5.92 Å². The topological polar surface area (TPSA) is 38.7 Å². The predicted octanol–water partition coefficient (Wildman–Crippen LogP) is 1.07. The molecule has 1 heterocycles. The molecule has 0 fully saturated rings. The summed E-state index contributed by atoms with van der Waals surface area (Å²) in [7, 11) is 0. The molecule has 0 bridgehead atoms. The van der Waals surface area contributed by atoms with Gasteiger partial charge in [-0.3, -0.25) is 0 Å². The van der Waals surface area contributed by atoms with Crippen LogP contribution in [-0.2, 0) is 6.42 Å². The Morgan fingerprint density at radius 1 is 1.50 bits per heavy atom. The predicted molar refractivity (Wildman–Crippen MR) is 38.4 cm³/mol. The Labute approximate surface area is 60.5 Å². The van der Waals surface area contributed by atoms with Gasteiger partial charge in [0.15, 0.2) is 0 Å². The third-order valence-corrected chi connectivity index (χ3v) is 1.18. The average Bonchev–Trinajstić information content (AvgIpc) is 1.88. The molecule has 0 atom stereocenters. The van der Waals surface area contributed by atoms with Crippen LogP contribution >= 0.6 is 0 Å². The molecule has 3 nitrogen and oxygen atoms in total. The van der Waals surface area contributed by atoms with Crippen LogP contribution in [0.3, 0.4) is 0 Å². The Bertz CT molecular complexity index is 183. The van der Waals surface area contributed by atoms with E-state index in [4.69, 9.17) is 0 Å². The molecular weight excluding hydrogens is 126 g/mol. The van der Waals surface area contributed by atoms with Crippen LogP contribution < -0.4 is 0 Å². The van der Waals surface area contributed by atoms with Crippen LogP contribution in [0.5, 0.6) is 0 Å². The molecule has 0 saturated carbocycles. The summed E-state index contributed by atoms with van der Waals surface area (Å²) in [5, 5.41) is 11.0. The van der Waals surface area contributed by atoms with E-state index in [0.717, 1.165) is 12.1 Å². The Kier molecular flexibility index (Phi) is 2.31. The van der Waals surface area contributed by atoms with Gasteiger partial charge in [0.05, 0.1) is 11.9 Å². The fourth-order valence-electron chi connectivity index (χ4n) is 0.793. The lowest BCUT2D eigenvalue weighted by Crippen LogP contribution is -1.98. The maximum Gasteiger partial charge on any atom is 0.0667 e. The van der Waals surface area contributed by atoms with Crippen LogP contribution in [0.4, 0.5) is 0 Å². The normalized spacial score (nSPS) is 10.3. The second-order valence-electron chi connectivity index (χ2n) is 2.71. The minimum absolute atomic E-state index is 0.636. The highest BCUT2D eigenvalue weighted by Gasteiger charge is 1.97. The highest BCUT2D eigenvalue weighted by Crippen LogP contribution is 2.01. The van der Waals surface area contributed by atoms with E-state index in [1.807, 2.05) is 6.07 Å². The highest BCUT2D eigenvalue weighted by atomic mass is 15.3. The number of hydrogen-bond donors (Lipinski definition) is 0. The molecule has 0 aromatic carbocycles. The number of rotatable bonds is 2. The lowest BCUT2D eigenvalue weighted by Gasteiger charge is -1.99. The van der Waals surface area contributed by atoms with Crippen molar-refractivity contribution in [3.8, 4) is 0 Å². The summed E-state index contributed by atoms with van der Waals surface area (Å²) in [5.41, 5.74) is 1.02. The molecular formula is C7H11N3. The maximum absolute atomic E-state index is 3.86. The van der Waals surface area contributed by atoms with Crippen molar-refractivity contribution in [2.45, 2.75) is 20.3 Å². The third-order valence-electron chi connectivity index (χ3n) is 1.18. The zero-order valence-electron chi connectivity index (χ0n) is 6.28. The monoisotopic (exact) mass is 137 g/mol. The standard InChI is InChI=1S/C7H11N3/c1-6(2)5-7-3-4-8-10-9-7/h3-4,6H,5H2,1-2H3. The Morgan fingerprint density at radius 2 is 2.30 bits per heavy atom. The highest BCUT2D eigenvalue weighted by molar-refractivity contribution is 4.95. The summed E-state index contributed by atoms with van der Waals surface area (Å²) < 4.78 is 0. The first-order chi connectivity index (χ1) is 4.79. The van der Waals surface area contributed by atoms with Crippen LogP contribution in [-0.4, -0.2) is 15.4 Å². The summed E-state index contributed by atoms with van der Waals surface area (Å²) in [4.78, 5) is 0. The second-order valence-corrected chi connectivity index (χ2v) is 2.71. The van der Waals surface area contributed by atoms with Gasteiger partial charge in [-0.05, 0) is 23.6 Å². The zero-order valence-corrected chi connectivity index (χ0v) is 6.28. The van der Waals surface area contributed by atoms with Gasteiger partial charge >= 0.3 is 0 Å². The van der Waals surface area contributed by atoms with E-state index in [2.05, 4.69) is 29.3 Å². The molecule has 1 rings (SSSR count).